The second kappa shape index (κ2) is 11.8. The Morgan fingerprint density at radius 1 is 1.12 bits per heavy atom. The molecule has 2 unspecified atom stereocenters. The van der Waals surface area contributed by atoms with Crippen molar-refractivity contribution in [2.75, 3.05) is 19.8 Å². The minimum atomic E-state index is -3.28. The minimum Gasteiger partial charge on any atom is -0.308 e. The molecule has 6 heteroatoms. The zero-order chi connectivity index (χ0) is 17.8. The zero-order valence-corrected chi connectivity index (χ0v) is 16.4. The minimum absolute atomic E-state index is 0.355. The number of rotatable bonds is 13. The summed E-state index contributed by atoms with van der Waals surface area (Å²) in [5.74, 6) is 0.0991. The molecule has 0 saturated heterocycles. The van der Waals surface area contributed by atoms with Gasteiger partial charge in [0.05, 0.1) is 13.2 Å². The standard InChI is InChI=1S/C18H33N2O3P/c1-5-9-10-16(6-2)15-20-18(17-11-13-19-14-12-17)24(21,22-7-3)23-8-4/h11-14,16,18,20H,5-10,15H2,1-4H3. The van der Waals surface area contributed by atoms with E-state index in [1.165, 1.54) is 19.3 Å². The van der Waals surface area contributed by atoms with E-state index >= 15 is 0 Å². The van der Waals surface area contributed by atoms with Gasteiger partial charge in [0, 0.05) is 12.4 Å². The number of hydrogen-bond acceptors (Lipinski definition) is 5. The third kappa shape index (κ3) is 6.64. The maximum Gasteiger partial charge on any atom is 0.351 e. The first-order chi connectivity index (χ1) is 11.6. The van der Waals surface area contributed by atoms with Crippen molar-refractivity contribution in [3.63, 3.8) is 0 Å². The van der Waals surface area contributed by atoms with Crippen LogP contribution in [0.2, 0.25) is 0 Å². The number of hydrogen-bond donors (Lipinski definition) is 1. The van der Waals surface area contributed by atoms with Crippen molar-refractivity contribution in [3.05, 3.63) is 30.1 Å². The van der Waals surface area contributed by atoms with Gasteiger partial charge in [-0.1, -0.05) is 33.1 Å². The average Bonchev–Trinajstić information content (AvgIpc) is 2.59. The fourth-order valence-corrected chi connectivity index (χ4v) is 4.68. The molecule has 1 N–H and O–H groups in total. The molecule has 0 saturated carbocycles. The molecule has 0 spiro atoms. The molecule has 1 rings (SSSR count). The van der Waals surface area contributed by atoms with Crippen molar-refractivity contribution in [3.8, 4) is 0 Å². The second-order valence-corrected chi connectivity index (χ2v) is 8.00. The lowest BCUT2D eigenvalue weighted by Gasteiger charge is -2.29. The molecule has 1 aromatic heterocycles. The summed E-state index contributed by atoms with van der Waals surface area (Å²) < 4.78 is 24.5. The molecular formula is C18H33N2O3P. The Bertz CT molecular complexity index is 474. The fourth-order valence-electron chi connectivity index (χ4n) is 2.73. The summed E-state index contributed by atoms with van der Waals surface area (Å²) in [4.78, 5) is 4.05. The van der Waals surface area contributed by atoms with Crippen molar-refractivity contribution in [2.45, 2.75) is 59.2 Å². The lowest BCUT2D eigenvalue weighted by Crippen LogP contribution is -2.28. The number of nitrogens with one attached hydrogen (secondary N) is 1. The second-order valence-electron chi connectivity index (χ2n) is 5.88. The molecule has 1 aromatic rings. The highest BCUT2D eigenvalue weighted by Gasteiger charge is 2.36. The summed E-state index contributed by atoms with van der Waals surface area (Å²) >= 11 is 0. The first-order valence-corrected chi connectivity index (χ1v) is 10.7. The van der Waals surface area contributed by atoms with Crippen molar-refractivity contribution >= 4 is 7.60 Å². The Balaban J connectivity index is 2.95. The van der Waals surface area contributed by atoms with Crippen molar-refractivity contribution in [2.24, 2.45) is 5.92 Å². The molecule has 0 aliphatic heterocycles. The van der Waals surface area contributed by atoms with Crippen LogP contribution in [0.5, 0.6) is 0 Å². The highest BCUT2D eigenvalue weighted by molar-refractivity contribution is 7.54. The van der Waals surface area contributed by atoms with Crippen LogP contribution in [0.15, 0.2) is 24.5 Å². The molecule has 24 heavy (non-hydrogen) atoms. The van der Waals surface area contributed by atoms with Crippen LogP contribution < -0.4 is 5.32 Å². The highest BCUT2D eigenvalue weighted by Crippen LogP contribution is 2.59. The van der Waals surface area contributed by atoms with Gasteiger partial charge in [0.15, 0.2) is 0 Å². The van der Waals surface area contributed by atoms with E-state index in [1.54, 1.807) is 12.4 Å². The van der Waals surface area contributed by atoms with Crippen molar-refractivity contribution in [1.29, 1.82) is 0 Å². The van der Waals surface area contributed by atoms with Gasteiger partial charge in [-0.3, -0.25) is 14.9 Å². The van der Waals surface area contributed by atoms with E-state index in [9.17, 15) is 4.57 Å². The Morgan fingerprint density at radius 2 is 1.75 bits per heavy atom. The largest absolute Gasteiger partial charge is 0.351 e. The van der Waals surface area contributed by atoms with Crippen LogP contribution >= 0.6 is 7.60 Å². The molecule has 0 amide bonds. The predicted molar refractivity (Wildman–Crippen MR) is 99.1 cm³/mol. The van der Waals surface area contributed by atoms with Crippen molar-refractivity contribution < 1.29 is 13.6 Å². The summed E-state index contributed by atoms with van der Waals surface area (Å²) in [6.45, 7) is 9.60. The molecule has 0 aliphatic carbocycles. The van der Waals surface area contributed by atoms with Gasteiger partial charge in [-0.05, 0) is 50.4 Å². The summed E-state index contributed by atoms with van der Waals surface area (Å²) in [7, 11) is -3.28. The van der Waals surface area contributed by atoms with Gasteiger partial charge in [0.2, 0.25) is 0 Å². The summed E-state index contributed by atoms with van der Waals surface area (Å²) in [6.07, 6.45) is 8.11. The van der Waals surface area contributed by atoms with E-state index in [1.807, 2.05) is 26.0 Å². The average molecular weight is 356 g/mol. The van der Waals surface area contributed by atoms with E-state index in [0.717, 1.165) is 18.5 Å². The van der Waals surface area contributed by atoms with Crippen LogP contribution in [0.25, 0.3) is 0 Å². The molecule has 0 bridgehead atoms. The predicted octanol–water partition coefficient (Wildman–Crippen LogP) is 5.15. The van der Waals surface area contributed by atoms with E-state index in [4.69, 9.17) is 9.05 Å². The maximum absolute atomic E-state index is 13.3. The van der Waals surface area contributed by atoms with E-state index in [2.05, 4.69) is 24.1 Å². The van der Waals surface area contributed by atoms with Crippen LogP contribution in [0, 0.1) is 5.92 Å². The lowest BCUT2D eigenvalue weighted by molar-refractivity contribution is 0.206. The highest BCUT2D eigenvalue weighted by atomic mass is 31.2. The summed E-state index contributed by atoms with van der Waals surface area (Å²) in [5, 5.41) is 3.47. The van der Waals surface area contributed by atoms with Crippen LogP contribution in [0.4, 0.5) is 0 Å². The smallest absolute Gasteiger partial charge is 0.308 e. The first kappa shape index (κ1) is 21.3. The maximum atomic E-state index is 13.3. The number of unbranched alkanes of at least 4 members (excludes halogenated alkanes) is 1. The third-order valence-corrected chi connectivity index (χ3v) is 6.45. The molecule has 0 radical (unpaired) electrons. The van der Waals surface area contributed by atoms with Gasteiger partial charge in [0.25, 0.3) is 0 Å². The summed E-state index contributed by atoms with van der Waals surface area (Å²) in [6, 6.07) is 3.74. The van der Waals surface area contributed by atoms with Gasteiger partial charge in [-0.2, -0.15) is 0 Å². The van der Waals surface area contributed by atoms with Crippen LogP contribution in [0.3, 0.4) is 0 Å². The molecule has 5 nitrogen and oxygen atoms in total. The lowest BCUT2D eigenvalue weighted by atomic mass is 9.99. The Hall–Kier alpha value is -0.740. The van der Waals surface area contributed by atoms with Gasteiger partial charge in [-0.15, -0.1) is 0 Å². The van der Waals surface area contributed by atoms with E-state index in [0.29, 0.717) is 19.1 Å². The zero-order valence-electron chi connectivity index (χ0n) is 15.5. The third-order valence-electron chi connectivity index (χ3n) is 4.10. The van der Waals surface area contributed by atoms with Gasteiger partial charge >= 0.3 is 7.60 Å². The van der Waals surface area contributed by atoms with E-state index in [-0.39, 0.29) is 0 Å². The first-order valence-electron chi connectivity index (χ1n) is 9.13. The van der Waals surface area contributed by atoms with Crippen LogP contribution in [-0.4, -0.2) is 24.7 Å². The molecule has 0 aliphatic rings. The number of nitrogens with zero attached hydrogens (tertiary/aromatic N) is 1. The monoisotopic (exact) mass is 356 g/mol. The van der Waals surface area contributed by atoms with Gasteiger partial charge in [0.1, 0.15) is 5.78 Å². The quantitative estimate of drug-likeness (QED) is 0.495. The topological polar surface area (TPSA) is 60.5 Å². The number of pyridine rings is 1. The van der Waals surface area contributed by atoms with Crippen LogP contribution in [0.1, 0.15) is 64.7 Å². The fraction of sp³-hybridized carbons (Fsp3) is 0.722. The molecule has 1 heterocycles. The normalized spacial score (nSPS) is 14.5. The molecule has 2 atom stereocenters. The van der Waals surface area contributed by atoms with E-state index < -0.39 is 13.4 Å². The summed E-state index contributed by atoms with van der Waals surface area (Å²) in [5.41, 5.74) is 0.889. The molecular weight excluding hydrogens is 323 g/mol. The van der Waals surface area contributed by atoms with Gasteiger partial charge in [-0.25, -0.2) is 0 Å². The SMILES string of the molecule is CCCCC(CC)CNC(c1ccncc1)P(=O)(OCC)OCC. The number of aromatic nitrogens is 1. The molecule has 0 fully saturated rings. The van der Waals surface area contributed by atoms with Crippen LogP contribution in [-0.2, 0) is 13.6 Å². The Labute approximate surface area is 147 Å². The molecule has 138 valence electrons. The molecule has 0 aromatic carbocycles. The van der Waals surface area contributed by atoms with Gasteiger partial charge < -0.3 is 9.05 Å². The Kier molecular flexibility index (Phi) is 10.4. The Morgan fingerprint density at radius 3 is 2.25 bits per heavy atom. The van der Waals surface area contributed by atoms with Crippen molar-refractivity contribution in [1.82, 2.24) is 10.3 Å².